The molecular formula is C29H44N4O6S. The van der Waals surface area contributed by atoms with E-state index in [4.69, 9.17) is 20.9 Å². The highest BCUT2D eigenvalue weighted by atomic mass is 32.2. The fraction of sp³-hybridized carbons (Fsp3) is 0.552. The molecule has 10 nitrogen and oxygen atoms in total. The summed E-state index contributed by atoms with van der Waals surface area (Å²) in [5.41, 5.74) is 12.4. The molecule has 3 atom stereocenters. The summed E-state index contributed by atoms with van der Waals surface area (Å²) in [6.07, 6.45) is 1.09. The Balaban J connectivity index is 1.85. The molecule has 0 radical (unpaired) electrons. The first kappa shape index (κ1) is 31.8. The Morgan fingerprint density at radius 3 is 2.50 bits per heavy atom. The van der Waals surface area contributed by atoms with E-state index in [-0.39, 0.29) is 35.9 Å². The van der Waals surface area contributed by atoms with E-state index in [1.807, 2.05) is 44.2 Å². The van der Waals surface area contributed by atoms with Crippen LogP contribution in [-0.2, 0) is 25.9 Å². The van der Waals surface area contributed by atoms with Gasteiger partial charge in [-0.2, -0.15) is 4.31 Å². The third kappa shape index (κ3) is 9.74. The largest absolute Gasteiger partial charge is 0.444 e. The zero-order valence-corrected chi connectivity index (χ0v) is 24.3. The van der Waals surface area contributed by atoms with Crippen LogP contribution in [0.3, 0.4) is 0 Å². The average molecular weight is 577 g/mol. The summed E-state index contributed by atoms with van der Waals surface area (Å²) < 4.78 is 39.8. The van der Waals surface area contributed by atoms with Gasteiger partial charge in [0.15, 0.2) is 0 Å². The molecule has 1 aliphatic heterocycles. The molecule has 0 saturated carbocycles. The molecule has 1 heterocycles. The van der Waals surface area contributed by atoms with E-state index in [2.05, 4.69) is 5.32 Å². The number of rotatable bonds is 15. The molecule has 222 valence electrons. The number of carbonyl (C=O) groups is 1. The number of nitrogens with zero attached hydrogens (tertiary/aromatic N) is 1. The number of alkyl carbamates (subject to hydrolysis) is 1. The van der Waals surface area contributed by atoms with Crippen LogP contribution in [0.5, 0.6) is 0 Å². The van der Waals surface area contributed by atoms with Crippen LogP contribution in [0.1, 0.15) is 45.1 Å². The average Bonchev–Trinajstić information content (AvgIpc) is 3.41. The summed E-state index contributed by atoms with van der Waals surface area (Å²) >= 11 is 0. The monoisotopic (exact) mass is 576 g/mol. The Morgan fingerprint density at radius 2 is 1.88 bits per heavy atom. The molecule has 0 spiro atoms. The molecule has 1 saturated heterocycles. The maximum atomic E-state index is 13.8. The second kappa shape index (κ2) is 14.8. The van der Waals surface area contributed by atoms with Crippen LogP contribution in [0.4, 0.5) is 10.5 Å². The number of benzene rings is 2. The predicted molar refractivity (Wildman–Crippen MR) is 155 cm³/mol. The van der Waals surface area contributed by atoms with Gasteiger partial charge in [-0.1, -0.05) is 50.6 Å². The van der Waals surface area contributed by atoms with Gasteiger partial charge in [-0.15, -0.1) is 0 Å². The van der Waals surface area contributed by atoms with Crippen LogP contribution in [-0.4, -0.2) is 75.0 Å². The van der Waals surface area contributed by atoms with Crippen molar-refractivity contribution in [2.24, 2.45) is 11.1 Å². The molecule has 2 aromatic carbocycles. The Bertz CT molecular complexity index is 1150. The number of hydrogen-bond acceptors (Lipinski definition) is 8. The number of sulfonamides is 1. The minimum atomic E-state index is -4.00. The molecule has 0 aliphatic carbocycles. The van der Waals surface area contributed by atoms with Gasteiger partial charge in [0, 0.05) is 25.2 Å². The lowest BCUT2D eigenvalue weighted by Gasteiger charge is -2.35. The number of amides is 1. The molecule has 0 aromatic heterocycles. The van der Waals surface area contributed by atoms with Crippen molar-refractivity contribution in [2.45, 2.75) is 69.1 Å². The van der Waals surface area contributed by atoms with Gasteiger partial charge in [0.25, 0.3) is 0 Å². The highest BCUT2D eigenvalue weighted by Gasteiger charge is 2.35. The van der Waals surface area contributed by atoms with E-state index in [0.717, 1.165) is 24.8 Å². The van der Waals surface area contributed by atoms with Crippen molar-refractivity contribution in [3.8, 4) is 0 Å². The van der Waals surface area contributed by atoms with Crippen molar-refractivity contribution in [2.75, 3.05) is 38.6 Å². The number of anilines is 1. The number of aliphatic hydroxyl groups excluding tert-OH is 1. The number of hydrogen-bond donors (Lipinski definition) is 4. The normalized spacial score (nSPS) is 17.5. The number of unbranched alkanes of at least 4 members (excludes halogenated alkanes) is 1. The van der Waals surface area contributed by atoms with Gasteiger partial charge in [-0.05, 0) is 61.1 Å². The van der Waals surface area contributed by atoms with Crippen LogP contribution in [0.15, 0.2) is 59.5 Å². The van der Waals surface area contributed by atoms with Crippen LogP contribution in [0, 0.1) is 5.41 Å². The smallest absolute Gasteiger partial charge is 0.407 e. The Morgan fingerprint density at radius 1 is 1.18 bits per heavy atom. The van der Waals surface area contributed by atoms with E-state index in [9.17, 15) is 18.3 Å². The van der Waals surface area contributed by atoms with Gasteiger partial charge in [-0.3, -0.25) is 0 Å². The number of nitrogens with one attached hydrogen (secondary N) is 1. The number of ether oxygens (including phenoxy) is 2. The first-order chi connectivity index (χ1) is 19.0. The molecule has 1 aliphatic rings. The van der Waals surface area contributed by atoms with Crippen molar-refractivity contribution in [1.29, 1.82) is 0 Å². The lowest BCUT2D eigenvalue weighted by molar-refractivity contribution is 0.0623. The fourth-order valence-corrected chi connectivity index (χ4v) is 6.42. The Hall–Kier alpha value is -2.70. The minimum Gasteiger partial charge on any atom is -0.444 e. The standard InChI is InChI=1S/C29H44N4O6S/c1-29(2,15-6-7-16-30)21-33(40(36,37)25-12-10-23(31)11-13-25)19-27(34)26(18-22-8-4-3-5-9-22)32-28(35)39-24-14-17-38-20-24/h3-5,8-13,24,26-27,34H,6-7,14-21,30-31H2,1-2H3,(H,32,35)/t24-,26-,27+/m0/s1. The number of nitrogens with two attached hydrogens (primary N) is 2. The molecular weight excluding hydrogens is 532 g/mol. The maximum Gasteiger partial charge on any atom is 0.407 e. The summed E-state index contributed by atoms with van der Waals surface area (Å²) in [4.78, 5) is 12.8. The third-order valence-corrected chi connectivity index (χ3v) is 8.87. The zero-order valence-electron chi connectivity index (χ0n) is 23.5. The summed E-state index contributed by atoms with van der Waals surface area (Å²) in [6, 6.07) is 14.6. The fourth-order valence-electron chi connectivity index (χ4n) is 4.77. The molecule has 1 amide bonds. The Kier molecular flexibility index (Phi) is 11.8. The zero-order chi connectivity index (χ0) is 29.2. The predicted octanol–water partition coefficient (Wildman–Crippen LogP) is 2.90. The van der Waals surface area contributed by atoms with Crippen molar-refractivity contribution in [3.63, 3.8) is 0 Å². The first-order valence-electron chi connectivity index (χ1n) is 13.8. The third-order valence-electron chi connectivity index (χ3n) is 7.05. The van der Waals surface area contributed by atoms with Crippen molar-refractivity contribution >= 4 is 21.8 Å². The summed E-state index contributed by atoms with van der Waals surface area (Å²) in [6.45, 7) is 5.36. The van der Waals surface area contributed by atoms with Gasteiger partial charge in [-0.25, -0.2) is 13.2 Å². The molecule has 40 heavy (non-hydrogen) atoms. The topological polar surface area (TPSA) is 157 Å². The van der Waals surface area contributed by atoms with Crippen molar-refractivity contribution < 1.29 is 27.8 Å². The molecule has 11 heteroatoms. The molecule has 2 aromatic rings. The number of nitrogen functional groups attached to an aromatic ring is 1. The van der Waals surface area contributed by atoms with Crippen molar-refractivity contribution in [3.05, 3.63) is 60.2 Å². The van der Waals surface area contributed by atoms with Gasteiger partial charge in [0.1, 0.15) is 6.10 Å². The molecule has 0 unspecified atom stereocenters. The SMILES string of the molecule is CC(C)(CCCCN)CN(C[C@@H](O)[C@H](Cc1ccccc1)NC(=O)O[C@H]1CCOC1)S(=O)(=O)c1ccc(N)cc1. The minimum absolute atomic E-state index is 0.0832. The summed E-state index contributed by atoms with van der Waals surface area (Å²) in [5, 5.41) is 14.3. The van der Waals surface area contributed by atoms with E-state index in [1.54, 1.807) is 0 Å². The number of aliphatic hydroxyl groups is 1. The van der Waals surface area contributed by atoms with Gasteiger partial charge in [0.05, 0.1) is 30.3 Å². The highest BCUT2D eigenvalue weighted by Crippen LogP contribution is 2.29. The molecule has 0 bridgehead atoms. The van der Waals surface area contributed by atoms with Crippen LogP contribution < -0.4 is 16.8 Å². The molecule has 3 rings (SSSR count). The quantitative estimate of drug-likeness (QED) is 0.186. The van der Waals surface area contributed by atoms with Gasteiger partial charge < -0.3 is 31.4 Å². The second-order valence-corrected chi connectivity index (χ2v) is 13.1. The van der Waals surface area contributed by atoms with E-state index < -0.39 is 28.3 Å². The lowest BCUT2D eigenvalue weighted by Crippen LogP contribution is -2.52. The number of carbonyl (C=O) groups excluding carboxylic acids is 1. The Labute approximate surface area is 238 Å². The van der Waals surface area contributed by atoms with E-state index in [1.165, 1.54) is 28.6 Å². The molecule has 6 N–H and O–H groups in total. The first-order valence-corrected chi connectivity index (χ1v) is 15.3. The van der Waals surface area contributed by atoms with Crippen molar-refractivity contribution in [1.82, 2.24) is 9.62 Å². The van der Waals surface area contributed by atoms with Gasteiger partial charge in [0.2, 0.25) is 10.0 Å². The molecule has 1 fully saturated rings. The maximum absolute atomic E-state index is 13.8. The van der Waals surface area contributed by atoms with E-state index in [0.29, 0.717) is 31.9 Å². The summed E-state index contributed by atoms with van der Waals surface area (Å²) in [7, 11) is -4.00. The van der Waals surface area contributed by atoms with Crippen LogP contribution in [0.25, 0.3) is 0 Å². The highest BCUT2D eigenvalue weighted by molar-refractivity contribution is 7.89. The van der Waals surface area contributed by atoms with Crippen LogP contribution in [0.2, 0.25) is 0 Å². The van der Waals surface area contributed by atoms with Gasteiger partial charge >= 0.3 is 6.09 Å². The second-order valence-electron chi connectivity index (χ2n) is 11.2. The van der Waals surface area contributed by atoms with E-state index >= 15 is 0 Å². The summed E-state index contributed by atoms with van der Waals surface area (Å²) in [5.74, 6) is 0. The van der Waals surface area contributed by atoms with Crippen LogP contribution >= 0.6 is 0 Å². The lowest BCUT2D eigenvalue weighted by atomic mass is 9.87.